The van der Waals surface area contributed by atoms with Crippen LogP contribution in [0.3, 0.4) is 0 Å². The molecule has 5 heteroatoms. The van der Waals surface area contributed by atoms with Gasteiger partial charge in [-0.05, 0) is 45.7 Å². The van der Waals surface area contributed by atoms with Crippen molar-refractivity contribution in [1.29, 1.82) is 0 Å². The van der Waals surface area contributed by atoms with E-state index >= 15 is 0 Å². The quantitative estimate of drug-likeness (QED) is 0.545. The third kappa shape index (κ3) is 5.92. The lowest BCUT2D eigenvalue weighted by Gasteiger charge is -2.35. The number of ether oxygens (including phenoxy) is 1. The summed E-state index contributed by atoms with van der Waals surface area (Å²) in [5.74, 6) is 1.76. The predicted molar refractivity (Wildman–Crippen MR) is 102 cm³/mol. The van der Waals surface area contributed by atoms with Gasteiger partial charge >= 0.3 is 0 Å². The molecule has 2 unspecified atom stereocenters. The predicted octanol–water partition coefficient (Wildman–Crippen LogP) is 2.57. The van der Waals surface area contributed by atoms with Gasteiger partial charge in [-0.2, -0.15) is 0 Å². The molecule has 0 saturated carbocycles. The Kier molecular flexibility index (Phi) is 8.89. The summed E-state index contributed by atoms with van der Waals surface area (Å²) >= 11 is 0. The zero-order chi connectivity index (χ0) is 17.2. The first-order valence-electron chi connectivity index (χ1n) is 10.0. The minimum absolute atomic E-state index is 0.635. The van der Waals surface area contributed by atoms with Crippen molar-refractivity contribution in [3.8, 4) is 0 Å². The standard InChI is InChI=1S/C19H38N4O/c1-4-6-11-22-12-8-7-9-18(22)14-21-19(20-5-2)23-13-10-17(15-23)16-24-3/h17-18H,4-16H2,1-3H3,(H,20,21). The number of nitrogens with zero attached hydrogens (tertiary/aromatic N) is 3. The molecule has 0 bridgehead atoms. The number of rotatable bonds is 8. The van der Waals surface area contributed by atoms with E-state index < -0.39 is 0 Å². The molecule has 0 aromatic heterocycles. The molecule has 2 aliphatic rings. The van der Waals surface area contributed by atoms with Gasteiger partial charge in [0.25, 0.3) is 0 Å². The molecule has 24 heavy (non-hydrogen) atoms. The highest BCUT2D eigenvalue weighted by Gasteiger charge is 2.26. The zero-order valence-electron chi connectivity index (χ0n) is 16.1. The van der Waals surface area contributed by atoms with Crippen molar-refractivity contribution in [2.24, 2.45) is 10.9 Å². The molecule has 2 aliphatic heterocycles. The summed E-state index contributed by atoms with van der Waals surface area (Å²) in [5, 5.41) is 3.50. The molecule has 2 fully saturated rings. The Balaban J connectivity index is 1.91. The van der Waals surface area contributed by atoms with Crippen molar-refractivity contribution < 1.29 is 4.74 Å². The number of unbranched alkanes of at least 4 members (excludes halogenated alkanes) is 1. The summed E-state index contributed by atoms with van der Waals surface area (Å²) < 4.78 is 5.33. The van der Waals surface area contributed by atoms with Crippen molar-refractivity contribution in [3.05, 3.63) is 0 Å². The summed E-state index contributed by atoms with van der Waals surface area (Å²) in [4.78, 5) is 10.1. The number of piperidine rings is 1. The first kappa shape index (κ1) is 19.5. The highest BCUT2D eigenvalue weighted by Crippen LogP contribution is 2.19. The van der Waals surface area contributed by atoms with E-state index in [-0.39, 0.29) is 0 Å². The molecule has 5 nitrogen and oxygen atoms in total. The van der Waals surface area contributed by atoms with E-state index in [2.05, 4.69) is 29.0 Å². The average Bonchev–Trinajstić information content (AvgIpc) is 3.06. The lowest BCUT2D eigenvalue weighted by Crippen LogP contribution is -2.44. The maximum atomic E-state index is 5.33. The first-order chi connectivity index (χ1) is 11.8. The second-order valence-corrected chi connectivity index (χ2v) is 7.29. The Labute approximate surface area is 148 Å². The van der Waals surface area contributed by atoms with Gasteiger partial charge in [0.05, 0.1) is 13.2 Å². The van der Waals surface area contributed by atoms with Gasteiger partial charge in [0.1, 0.15) is 0 Å². The van der Waals surface area contributed by atoms with Gasteiger partial charge < -0.3 is 15.0 Å². The van der Waals surface area contributed by atoms with Crippen LogP contribution in [0.25, 0.3) is 0 Å². The highest BCUT2D eigenvalue weighted by atomic mass is 16.5. The maximum Gasteiger partial charge on any atom is 0.193 e. The van der Waals surface area contributed by atoms with E-state index in [1.54, 1.807) is 7.11 Å². The molecule has 2 atom stereocenters. The van der Waals surface area contributed by atoms with Gasteiger partial charge in [-0.1, -0.05) is 19.8 Å². The van der Waals surface area contributed by atoms with Crippen LogP contribution in [-0.2, 0) is 4.74 Å². The van der Waals surface area contributed by atoms with Crippen LogP contribution in [0.5, 0.6) is 0 Å². The van der Waals surface area contributed by atoms with Crippen LogP contribution >= 0.6 is 0 Å². The topological polar surface area (TPSA) is 40.1 Å². The van der Waals surface area contributed by atoms with E-state index in [0.717, 1.165) is 38.7 Å². The fraction of sp³-hybridized carbons (Fsp3) is 0.947. The summed E-state index contributed by atoms with van der Waals surface area (Å²) in [6.07, 6.45) is 7.83. The van der Waals surface area contributed by atoms with E-state index in [1.165, 1.54) is 51.6 Å². The van der Waals surface area contributed by atoms with E-state index in [1.807, 2.05) is 0 Å². The van der Waals surface area contributed by atoms with Crippen LogP contribution in [0.15, 0.2) is 4.99 Å². The van der Waals surface area contributed by atoms with Gasteiger partial charge in [-0.15, -0.1) is 0 Å². The molecule has 2 saturated heterocycles. The lowest BCUT2D eigenvalue weighted by atomic mass is 10.0. The monoisotopic (exact) mass is 338 g/mol. The zero-order valence-corrected chi connectivity index (χ0v) is 16.1. The molecule has 140 valence electrons. The minimum atomic E-state index is 0.635. The molecule has 0 aromatic rings. The lowest BCUT2D eigenvalue weighted by molar-refractivity contribution is 0.150. The van der Waals surface area contributed by atoms with E-state index in [9.17, 15) is 0 Å². The normalized spacial score (nSPS) is 26.1. The molecule has 2 rings (SSSR count). The van der Waals surface area contributed by atoms with Crippen molar-refractivity contribution in [2.75, 3.05) is 53.0 Å². The maximum absolute atomic E-state index is 5.33. The van der Waals surface area contributed by atoms with Crippen LogP contribution in [-0.4, -0.2) is 74.8 Å². The molecule has 2 heterocycles. The van der Waals surface area contributed by atoms with Crippen molar-refractivity contribution in [2.45, 2.75) is 58.4 Å². The van der Waals surface area contributed by atoms with Crippen molar-refractivity contribution in [3.63, 3.8) is 0 Å². The van der Waals surface area contributed by atoms with Crippen LogP contribution in [0.1, 0.15) is 52.4 Å². The van der Waals surface area contributed by atoms with Gasteiger partial charge in [-0.25, -0.2) is 0 Å². The molecular formula is C19H38N4O. The summed E-state index contributed by atoms with van der Waals surface area (Å²) in [5.41, 5.74) is 0. The van der Waals surface area contributed by atoms with Gasteiger partial charge in [0.15, 0.2) is 5.96 Å². The Morgan fingerprint density at radius 3 is 2.83 bits per heavy atom. The Morgan fingerprint density at radius 1 is 1.21 bits per heavy atom. The van der Waals surface area contributed by atoms with Crippen LogP contribution in [0, 0.1) is 5.92 Å². The third-order valence-corrected chi connectivity index (χ3v) is 5.32. The van der Waals surface area contributed by atoms with Crippen LogP contribution in [0.2, 0.25) is 0 Å². The van der Waals surface area contributed by atoms with Gasteiger partial charge in [-0.3, -0.25) is 9.89 Å². The third-order valence-electron chi connectivity index (χ3n) is 5.32. The summed E-state index contributed by atoms with van der Waals surface area (Å²) in [6, 6.07) is 0.635. The number of aliphatic imine (C=N–C) groups is 1. The number of guanidine groups is 1. The minimum Gasteiger partial charge on any atom is -0.384 e. The number of nitrogens with one attached hydrogen (secondary N) is 1. The van der Waals surface area contributed by atoms with E-state index in [0.29, 0.717) is 12.0 Å². The Hall–Kier alpha value is -0.810. The molecule has 0 amide bonds. The summed E-state index contributed by atoms with van der Waals surface area (Å²) in [7, 11) is 1.80. The number of methoxy groups -OCH3 is 1. The Morgan fingerprint density at radius 2 is 2.08 bits per heavy atom. The van der Waals surface area contributed by atoms with Gasteiger partial charge in [0, 0.05) is 38.7 Å². The molecular weight excluding hydrogens is 300 g/mol. The average molecular weight is 339 g/mol. The highest BCUT2D eigenvalue weighted by molar-refractivity contribution is 5.80. The smallest absolute Gasteiger partial charge is 0.193 e. The van der Waals surface area contributed by atoms with Crippen LogP contribution < -0.4 is 5.32 Å². The van der Waals surface area contributed by atoms with Crippen molar-refractivity contribution >= 4 is 5.96 Å². The molecule has 0 radical (unpaired) electrons. The van der Waals surface area contributed by atoms with Crippen molar-refractivity contribution in [1.82, 2.24) is 15.1 Å². The molecule has 1 N–H and O–H groups in total. The second kappa shape index (κ2) is 10.9. The molecule has 0 aliphatic carbocycles. The second-order valence-electron chi connectivity index (χ2n) is 7.29. The fourth-order valence-electron chi connectivity index (χ4n) is 3.94. The fourth-order valence-corrected chi connectivity index (χ4v) is 3.94. The largest absolute Gasteiger partial charge is 0.384 e. The van der Waals surface area contributed by atoms with Crippen LogP contribution in [0.4, 0.5) is 0 Å². The number of hydrogen-bond donors (Lipinski definition) is 1. The Bertz CT molecular complexity index is 374. The first-order valence-corrected chi connectivity index (χ1v) is 10.0. The molecule has 0 aromatic carbocycles. The summed E-state index contributed by atoms with van der Waals surface area (Å²) in [6.45, 7) is 11.9. The van der Waals surface area contributed by atoms with Gasteiger partial charge in [0.2, 0.25) is 0 Å². The van der Waals surface area contributed by atoms with E-state index in [4.69, 9.17) is 9.73 Å². The SMILES string of the molecule is CCCCN1CCCCC1CN=C(NCC)N1CCC(COC)C1. The molecule has 0 spiro atoms. The number of likely N-dealkylation sites (tertiary alicyclic amines) is 2. The number of hydrogen-bond acceptors (Lipinski definition) is 3.